The highest BCUT2D eigenvalue weighted by molar-refractivity contribution is 7.98. The van der Waals surface area contributed by atoms with Gasteiger partial charge in [-0.15, -0.1) is 11.8 Å². The summed E-state index contributed by atoms with van der Waals surface area (Å²) in [5.41, 5.74) is 0.801. The zero-order valence-electron chi connectivity index (χ0n) is 14.9. The van der Waals surface area contributed by atoms with Crippen LogP contribution in [-0.4, -0.2) is 61.3 Å². The van der Waals surface area contributed by atoms with E-state index in [-0.39, 0.29) is 5.91 Å². The lowest BCUT2D eigenvalue weighted by Crippen LogP contribution is -2.49. The van der Waals surface area contributed by atoms with Crippen LogP contribution in [0.2, 0.25) is 5.02 Å². The van der Waals surface area contributed by atoms with E-state index in [1.54, 1.807) is 11.8 Å². The van der Waals surface area contributed by atoms with Gasteiger partial charge in [0.1, 0.15) is 12.4 Å². The summed E-state index contributed by atoms with van der Waals surface area (Å²) in [6, 6.07) is 15.3. The van der Waals surface area contributed by atoms with Crippen molar-refractivity contribution in [2.24, 2.45) is 0 Å². The number of halogens is 1. The van der Waals surface area contributed by atoms with Crippen molar-refractivity contribution in [2.45, 2.75) is 4.90 Å². The first-order chi connectivity index (χ1) is 12.7. The first kappa shape index (κ1) is 19.1. The standard InChI is InChI=1S/C20H23ClN2O2S/c1-26-19-9-5-2-6-16(19)20(24)23-12-10-22(11-13-23)14-15-25-18-8-4-3-7-17(18)21/h2-9H,10-15H2,1H3. The summed E-state index contributed by atoms with van der Waals surface area (Å²) in [5, 5.41) is 0.635. The number of thioether (sulfide) groups is 1. The average Bonchev–Trinajstić information content (AvgIpc) is 2.69. The number of amides is 1. The maximum Gasteiger partial charge on any atom is 0.255 e. The lowest BCUT2D eigenvalue weighted by molar-refractivity contribution is 0.0617. The predicted octanol–water partition coefficient (Wildman–Crippen LogP) is 3.90. The van der Waals surface area contributed by atoms with Crippen molar-refractivity contribution in [3.05, 3.63) is 59.1 Å². The summed E-state index contributed by atoms with van der Waals surface area (Å²) in [6.45, 7) is 4.63. The van der Waals surface area contributed by atoms with Gasteiger partial charge < -0.3 is 9.64 Å². The maximum atomic E-state index is 12.8. The molecule has 2 aromatic carbocycles. The van der Waals surface area contributed by atoms with Crippen molar-refractivity contribution in [3.63, 3.8) is 0 Å². The summed E-state index contributed by atoms with van der Waals surface area (Å²) >= 11 is 7.71. The van der Waals surface area contributed by atoms with E-state index < -0.39 is 0 Å². The van der Waals surface area contributed by atoms with E-state index in [0.29, 0.717) is 11.6 Å². The van der Waals surface area contributed by atoms with E-state index in [2.05, 4.69) is 4.90 Å². The molecule has 0 radical (unpaired) electrons. The van der Waals surface area contributed by atoms with Gasteiger partial charge in [0.05, 0.1) is 10.6 Å². The number of carbonyl (C=O) groups excluding carboxylic acids is 1. The Balaban J connectivity index is 1.47. The lowest BCUT2D eigenvalue weighted by Gasteiger charge is -2.34. The van der Waals surface area contributed by atoms with Gasteiger partial charge in [0, 0.05) is 37.6 Å². The molecular formula is C20H23ClN2O2S. The number of para-hydroxylation sites is 1. The second-order valence-electron chi connectivity index (χ2n) is 6.11. The highest BCUT2D eigenvalue weighted by Gasteiger charge is 2.23. The average molecular weight is 391 g/mol. The minimum Gasteiger partial charge on any atom is -0.491 e. The van der Waals surface area contributed by atoms with E-state index in [4.69, 9.17) is 16.3 Å². The van der Waals surface area contributed by atoms with Crippen LogP contribution in [0.25, 0.3) is 0 Å². The van der Waals surface area contributed by atoms with E-state index >= 15 is 0 Å². The Morgan fingerprint density at radius 2 is 1.77 bits per heavy atom. The van der Waals surface area contributed by atoms with Crippen molar-refractivity contribution in [1.82, 2.24) is 9.80 Å². The molecule has 0 N–H and O–H groups in total. The van der Waals surface area contributed by atoms with Gasteiger partial charge in [-0.25, -0.2) is 0 Å². The van der Waals surface area contributed by atoms with Gasteiger partial charge >= 0.3 is 0 Å². The van der Waals surface area contributed by atoms with E-state index in [1.165, 1.54) is 0 Å². The van der Waals surface area contributed by atoms with Crippen LogP contribution < -0.4 is 4.74 Å². The first-order valence-electron chi connectivity index (χ1n) is 8.71. The summed E-state index contributed by atoms with van der Waals surface area (Å²) in [4.78, 5) is 18.1. The number of hydrogen-bond donors (Lipinski definition) is 0. The molecule has 0 unspecified atom stereocenters. The van der Waals surface area contributed by atoms with Gasteiger partial charge in [0.2, 0.25) is 0 Å². The minimum absolute atomic E-state index is 0.127. The van der Waals surface area contributed by atoms with Gasteiger partial charge in [-0.3, -0.25) is 9.69 Å². The number of benzene rings is 2. The second-order valence-corrected chi connectivity index (χ2v) is 7.37. The minimum atomic E-state index is 0.127. The summed E-state index contributed by atoms with van der Waals surface area (Å²) in [7, 11) is 0. The molecular weight excluding hydrogens is 368 g/mol. The van der Waals surface area contributed by atoms with Crippen molar-refractivity contribution < 1.29 is 9.53 Å². The van der Waals surface area contributed by atoms with E-state index in [9.17, 15) is 4.79 Å². The van der Waals surface area contributed by atoms with Gasteiger partial charge in [-0.1, -0.05) is 35.9 Å². The molecule has 1 heterocycles. The highest BCUT2D eigenvalue weighted by Crippen LogP contribution is 2.23. The Labute approximate surface area is 164 Å². The van der Waals surface area contributed by atoms with Gasteiger partial charge in [0.25, 0.3) is 5.91 Å². The van der Waals surface area contributed by atoms with Crippen molar-refractivity contribution in [1.29, 1.82) is 0 Å². The Morgan fingerprint density at radius 1 is 1.08 bits per heavy atom. The summed E-state index contributed by atoms with van der Waals surface area (Å²) in [6.07, 6.45) is 2.00. The largest absolute Gasteiger partial charge is 0.491 e. The van der Waals surface area contributed by atoms with Crippen LogP contribution in [0.1, 0.15) is 10.4 Å². The number of hydrogen-bond acceptors (Lipinski definition) is 4. The van der Waals surface area contributed by atoms with Crippen LogP contribution in [0.3, 0.4) is 0 Å². The Morgan fingerprint density at radius 3 is 2.50 bits per heavy atom. The number of piperazine rings is 1. The molecule has 0 spiro atoms. The monoisotopic (exact) mass is 390 g/mol. The van der Waals surface area contributed by atoms with E-state index in [0.717, 1.165) is 48.9 Å². The number of ether oxygens (including phenoxy) is 1. The van der Waals surface area contributed by atoms with E-state index in [1.807, 2.05) is 59.7 Å². The molecule has 3 rings (SSSR count). The second kappa shape index (κ2) is 9.31. The maximum absolute atomic E-state index is 12.8. The predicted molar refractivity (Wildman–Crippen MR) is 108 cm³/mol. The lowest BCUT2D eigenvalue weighted by atomic mass is 10.2. The summed E-state index contributed by atoms with van der Waals surface area (Å²) in [5.74, 6) is 0.846. The van der Waals surface area contributed by atoms with Crippen LogP contribution in [0.15, 0.2) is 53.4 Å². The molecule has 1 aliphatic heterocycles. The molecule has 26 heavy (non-hydrogen) atoms. The normalized spacial score (nSPS) is 15.1. The van der Waals surface area contributed by atoms with Crippen LogP contribution in [-0.2, 0) is 0 Å². The van der Waals surface area contributed by atoms with Crippen LogP contribution >= 0.6 is 23.4 Å². The van der Waals surface area contributed by atoms with Gasteiger partial charge in [0.15, 0.2) is 0 Å². The molecule has 1 aliphatic rings. The molecule has 138 valence electrons. The Hall–Kier alpha value is -1.69. The van der Waals surface area contributed by atoms with Gasteiger partial charge in [-0.05, 0) is 30.5 Å². The molecule has 2 aromatic rings. The van der Waals surface area contributed by atoms with Gasteiger partial charge in [-0.2, -0.15) is 0 Å². The highest BCUT2D eigenvalue weighted by atomic mass is 35.5. The fourth-order valence-electron chi connectivity index (χ4n) is 3.01. The topological polar surface area (TPSA) is 32.8 Å². The SMILES string of the molecule is CSc1ccccc1C(=O)N1CCN(CCOc2ccccc2Cl)CC1. The quantitative estimate of drug-likeness (QED) is 0.700. The third-order valence-corrected chi connectivity index (χ3v) is 5.61. The fraction of sp³-hybridized carbons (Fsp3) is 0.350. The zero-order valence-corrected chi connectivity index (χ0v) is 16.4. The number of rotatable bonds is 6. The van der Waals surface area contributed by atoms with Crippen LogP contribution in [0.5, 0.6) is 5.75 Å². The molecule has 0 bridgehead atoms. The molecule has 1 amide bonds. The summed E-state index contributed by atoms with van der Waals surface area (Å²) < 4.78 is 5.76. The van der Waals surface area contributed by atoms with Crippen LogP contribution in [0, 0.1) is 0 Å². The molecule has 0 saturated carbocycles. The smallest absolute Gasteiger partial charge is 0.255 e. The molecule has 1 fully saturated rings. The molecule has 1 saturated heterocycles. The zero-order chi connectivity index (χ0) is 18.4. The molecule has 0 atom stereocenters. The number of nitrogens with zero attached hydrogens (tertiary/aromatic N) is 2. The van der Waals surface area contributed by atoms with Crippen LogP contribution in [0.4, 0.5) is 0 Å². The Kier molecular flexibility index (Phi) is 6.83. The molecule has 0 aliphatic carbocycles. The third-order valence-electron chi connectivity index (χ3n) is 4.50. The third kappa shape index (κ3) is 4.72. The molecule has 4 nitrogen and oxygen atoms in total. The van der Waals surface area contributed by atoms with Crippen molar-refractivity contribution in [2.75, 3.05) is 45.6 Å². The number of carbonyl (C=O) groups is 1. The molecule has 0 aromatic heterocycles. The first-order valence-corrected chi connectivity index (χ1v) is 10.3. The van der Waals surface area contributed by atoms with Crippen molar-refractivity contribution >= 4 is 29.3 Å². The molecule has 6 heteroatoms. The Bertz CT molecular complexity index is 748. The fourth-order valence-corrected chi connectivity index (χ4v) is 3.79. The van der Waals surface area contributed by atoms with Crippen molar-refractivity contribution in [3.8, 4) is 5.75 Å².